The summed E-state index contributed by atoms with van der Waals surface area (Å²) in [5.74, 6) is -0.259. The summed E-state index contributed by atoms with van der Waals surface area (Å²) in [5, 5.41) is 6.63. The second-order valence-corrected chi connectivity index (χ2v) is 5.28. The van der Waals surface area contributed by atoms with Crippen molar-refractivity contribution in [2.75, 3.05) is 5.73 Å². The third-order valence-electron chi connectivity index (χ3n) is 2.99. The molecule has 3 heterocycles. The zero-order valence-electron chi connectivity index (χ0n) is 11.6. The topological polar surface area (TPSA) is 93.8 Å². The largest absolute Gasteiger partial charge is 0.382 e. The first-order valence-corrected chi connectivity index (χ1v) is 7.51. The van der Waals surface area contributed by atoms with Gasteiger partial charge in [-0.25, -0.2) is 9.97 Å². The molecule has 0 spiro atoms. The number of nitrogen functional groups attached to an aromatic ring is 1. The van der Waals surface area contributed by atoms with Crippen LogP contribution in [-0.4, -0.2) is 20.9 Å². The maximum absolute atomic E-state index is 12.2. The maximum atomic E-state index is 12.2. The van der Waals surface area contributed by atoms with E-state index in [2.05, 4.69) is 20.3 Å². The number of hydrogen-bond donors (Lipinski definition) is 2. The number of thiophene rings is 1. The number of carbonyl (C=O) groups is 1. The van der Waals surface area contributed by atoms with Gasteiger partial charge in [0.05, 0.1) is 24.1 Å². The molecule has 110 valence electrons. The average Bonchev–Trinajstić information content (AvgIpc) is 3.08. The molecule has 0 unspecified atom stereocenters. The van der Waals surface area contributed by atoms with Crippen LogP contribution in [0.4, 0.5) is 5.82 Å². The molecule has 0 aliphatic carbocycles. The Morgan fingerprint density at radius 1 is 1.27 bits per heavy atom. The van der Waals surface area contributed by atoms with Crippen LogP contribution in [0.5, 0.6) is 0 Å². The number of aromatic nitrogens is 3. The molecule has 3 aromatic rings. The fraction of sp³-hybridized carbons (Fsp3) is 0.0667. The first-order valence-electron chi connectivity index (χ1n) is 6.57. The van der Waals surface area contributed by atoms with E-state index >= 15 is 0 Å². The van der Waals surface area contributed by atoms with Crippen molar-refractivity contribution >= 4 is 23.1 Å². The molecular formula is C15H13N5OS. The highest BCUT2D eigenvalue weighted by Crippen LogP contribution is 2.20. The summed E-state index contributed by atoms with van der Waals surface area (Å²) in [7, 11) is 0. The predicted octanol–water partition coefficient (Wildman–Crippen LogP) is 2.11. The summed E-state index contributed by atoms with van der Waals surface area (Å²) in [5.41, 5.74) is 8.19. The lowest BCUT2D eigenvalue weighted by Crippen LogP contribution is -2.25. The van der Waals surface area contributed by atoms with Crippen LogP contribution in [0.3, 0.4) is 0 Å². The van der Waals surface area contributed by atoms with Crippen molar-refractivity contribution in [1.82, 2.24) is 20.3 Å². The van der Waals surface area contributed by atoms with E-state index in [1.54, 1.807) is 23.7 Å². The zero-order chi connectivity index (χ0) is 15.4. The Balaban J connectivity index is 1.78. The molecule has 0 fully saturated rings. The molecule has 3 aromatic heterocycles. The van der Waals surface area contributed by atoms with E-state index in [9.17, 15) is 4.79 Å². The second-order valence-electron chi connectivity index (χ2n) is 4.50. The number of nitrogens with zero attached hydrogens (tertiary/aromatic N) is 3. The van der Waals surface area contributed by atoms with Crippen molar-refractivity contribution in [2.45, 2.75) is 6.54 Å². The van der Waals surface area contributed by atoms with Gasteiger partial charge < -0.3 is 11.1 Å². The lowest BCUT2D eigenvalue weighted by molar-refractivity contribution is 0.0946. The molecule has 0 atom stereocenters. The molecule has 0 saturated carbocycles. The van der Waals surface area contributed by atoms with E-state index in [-0.39, 0.29) is 17.4 Å². The van der Waals surface area contributed by atoms with Crippen LogP contribution in [0.15, 0.2) is 47.4 Å². The molecule has 0 aromatic carbocycles. The summed E-state index contributed by atoms with van der Waals surface area (Å²) < 4.78 is 0. The number of anilines is 1. The first-order chi connectivity index (χ1) is 10.7. The molecule has 3 rings (SSSR count). The molecule has 0 bridgehead atoms. The number of rotatable bonds is 4. The third-order valence-corrected chi connectivity index (χ3v) is 3.67. The third kappa shape index (κ3) is 3.09. The molecular weight excluding hydrogens is 298 g/mol. The van der Waals surface area contributed by atoms with E-state index in [1.165, 1.54) is 0 Å². The van der Waals surface area contributed by atoms with E-state index in [4.69, 9.17) is 5.73 Å². The Morgan fingerprint density at radius 3 is 2.91 bits per heavy atom. The SMILES string of the molecule is Nc1ncc(-c2ccsc2)nc1C(=O)NCc1ccccn1. The van der Waals surface area contributed by atoms with Crippen molar-refractivity contribution in [2.24, 2.45) is 0 Å². The molecule has 6 nitrogen and oxygen atoms in total. The monoisotopic (exact) mass is 311 g/mol. The van der Waals surface area contributed by atoms with Crippen molar-refractivity contribution in [3.8, 4) is 11.3 Å². The van der Waals surface area contributed by atoms with Crippen LogP contribution in [0.1, 0.15) is 16.2 Å². The molecule has 1 amide bonds. The van der Waals surface area contributed by atoms with Gasteiger partial charge in [-0.2, -0.15) is 11.3 Å². The molecule has 3 N–H and O–H groups in total. The smallest absolute Gasteiger partial charge is 0.274 e. The minimum atomic E-state index is -0.368. The minimum absolute atomic E-state index is 0.109. The van der Waals surface area contributed by atoms with E-state index in [1.807, 2.05) is 35.0 Å². The first kappa shape index (κ1) is 14.2. The van der Waals surface area contributed by atoms with E-state index in [0.717, 1.165) is 11.3 Å². The van der Waals surface area contributed by atoms with Crippen molar-refractivity contribution in [3.05, 3.63) is 58.8 Å². The molecule has 0 saturated heterocycles. The van der Waals surface area contributed by atoms with Gasteiger partial charge in [0.2, 0.25) is 0 Å². The number of carbonyl (C=O) groups excluding carboxylic acids is 1. The summed E-state index contributed by atoms with van der Waals surface area (Å²) in [6.07, 6.45) is 3.24. The highest BCUT2D eigenvalue weighted by molar-refractivity contribution is 7.08. The van der Waals surface area contributed by atoms with Crippen LogP contribution >= 0.6 is 11.3 Å². The van der Waals surface area contributed by atoms with Gasteiger partial charge in [-0.3, -0.25) is 9.78 Å². The summed E-state index contributed by atoms with van der Waals surface area (Å²) in [6, 6.07) is 7.43. The van der Waals surface area contributed by atoms with Gasteiger partial charge in [0.25, 0.3) is 5.91 Å². The lowest BCUT2D eigenvalue weighted by Gasteiger charge is -2.07. The summed E-state index contributed by atoms with van der Waals surface area (Å²) in [4.78, 5) is 24.8. The van der Waals surface area contributed by atoms with Crippen LogP contribution in [0, 0.1) is 0 Å². The second kappa shape index (κ2) is 6.31. The number of nitrogens with two attached hydrogens (primary N) is 1. The van der Waals surface area contributed by atoms with Gasteiger partial charge in [-0.05, 0) is 23.6 Å². The Morgan fingerprint density at radius 2 is 2.18 bits per heavy atom. The lowest BCUT2D eigenvalue weighted by atomic mass is 10.2. The summed E-state index contributed by atoms with van der Waals surface area (Å²) >= 11 is 1.55. The number of hydrogen-bond acceptors (Lipinski definition) is 6. The average molecular weight is 311 g/mol. The van der Waals surface area contributed by atoms with Crippen LogP contribution in [0.25, 0.3) is 11.3 Å². The fourth-order valence-electron chi connectivity index (χ4n) is 1.87. The van der Waals surface area contributed by atoms with Crippen LogP contribution in [-0.2, 0) is 6.54 Å². The van der Waals surface area contributed by atoms with Crippen molar-refractivity contribution in [3.63, 3.8) is 0 Å². The standard InChI is InChI=1S/C15H13N5OS/c16-14-13(15(21)19-7-11-3-1-2-5-17-11)20-12(8-18-14)10-4-6-22-9-10/h1-6,8-9H,7H2,(H2,16,18)(H,19,21). The Labute approximate surface area is 131 Å². The van der Waals surface area contributed by atoms with Crippen molar-refractivity contribution in [1.29, 1.82) is 0 Å². The fourth-order valence-corrected chi connectivity index (χ4v) is 2.52. The van der Waals surface area contributed by atoms with Gasteiger partial charge in [0.1, 0.15) is 0 Å². The van der Waals surface area contributed by atoms with Gasteiger partial charge in [-0.1, -0.05) is 6.07 Å². The Kier molecular flexibility index (Phi) is 4.06. The van der Waals surface area contributed by atoms with Crippen molar-refractivity contribution < 1.29 is 4.79 Å². The van der Waals surface area contributed by atoms with Crippen LogP contribution in [0.2, 0.25) is 0 Å². The maximum Gasteiger partial charge on any atom is 0.274 e. The van der Waals surface area contributed by atoms with Gasteiger partial charge >= 0.3 is 0 Å². The summed E-state index contributed by atoms with van der Waals surface area (Å²) in [6.45, 7) is 0.309. The predicted molar refractivity (Wildman–Crippen MR) is 85.2 cm³/mol. The molecule has 0 aliphatic rings. The minimum Gasteiger partial charge on any atom is -0.382 e. The zero-order valence-corrected chi connectivity index (χ0v) is 12.4. The highest BCUT2D eigenvalue weighted by atomic mass is 32.1. The van der Waals surface area contributed by atoms with Gasteiger partial charge in [0.15, 0.2) is 11.5 Å². The number of nitrogens with one attached hydrogen (secondary N) is 1. The number of amides is 1. The number of pyridine rings is 1. The van der Waals surface area contributed by atoms with E-state index in [0.29, 0.717) is 12.2 Å². The highest BCUT2D eigenvalue weighted by Gasteiger charge is 2.14. The molecule has 0 radical (unpaired) electrons. The van der Waals surface area contributed by atoms with Crippen LogP contribution < -0.4 is 11.1 Å². The Hall–Kier alpha value is -2.80. The normalized spacial score (nSPS) is 10.4. The molecule has 7 heteroatoms. The molecule has 0 aliphatic heterocycles. The molecule has 22 heavy (non-hydrogen) atoms. The quantitative estimate of drug-likeness (QED) is 0.769. The van der Waals surface area contributed by atoms with Gasteiger partial charge in [-0.15, -0.1) is 0 Å². The van der Waals surface area contributed by atoms with Gasteiger partial charge in [0, 0.05) is 17.1 Å². The van der Waals surface area contributed by atoms with E-state index < -0.39 is 0 Å². The Bertz CT molecular complexity index is 774.